The minimum atomic E-state index is 0.133. The molecule has 0 aromatic heterocycles. The summed E-state index contributed by atoms with van der Waals surface area (Å²) in [6, 6.07) is 5.93. The van der Waals surface area contributed by atoms with Crippen LogP contribution in [0.15, 0.2) is 18.2 Å². The fourth-order valence-electron chi connectivity index (χ4n) is 3.77. The number of rotatable bonds is 2. The molecule has 1 amide bonds. The molecule has 3 rings (SSSR count). The molecule has 0 bridgehead atoms. The maximum Gasteiger partial charge on any atom is 0.256 e. The fourth-order valence-corrected chi connectivity index (χ4v) is 3.94. The van der Waals surface area contributed by atoms with Crippen molar-refractivity contribution in [2.75, 3.05) is 18.9 Å². The van der Waals surface area contributed by atoms with Crippen LogP contribution in [0, 0.1) is 5.92 Å². The highest BCUT2D eigenvalue weighted by atomic mass is 35.5. The normalized spacial score (nSPS) is 25.4. The van der Waals surface area contributed by atoms with Gasteiger partial charge < -0.3 is 10.2 Å². The molecular formula is C16H21ClN2O. The van der Waals surface area contributed by atoms with Crippen LogP contribution in [0.3, 0.4) is 0 Å². The van der Waals surface area contributed by atoms with E-state index in [4.69, 9.17) is 11.6 Å². The second-order valence-corrected chi connectivity index (χ2v) is 6.28. The van der Waals surface area contributed by atoms with E-state index >= 15 is 0 Å². The SMILES string of the molecule is CNc1ccc(Cl)cc1C(=O)N1CCCC2CCCC21. The third-order valence-electron chi connectivity index (χ3n) is 4.74. The molecule has 108 valence electrons. The lowest BCUT2D eigenvalue weighted by Crippen LogP contribution is -2.46. The van der Waals surface area contributed by atoms with E-state index in [1.54, 1.807) is 6.07 Å². The molecule has 3 nitrogen and oxygen atoms in total. The summed E-state index contributed by atoms with van der Waals surface area (Å²) >= 11 is 6.07. The van der Waals surface area contributed by atoms with Gasteiger partial charge in [0.2, 0.25) is 0 Å². The predicted octanol–water partition coefficient (Wildman–Crippen LogP) is 3.79. The highest BCUT2D eigenvalue weighted by molar-refractivity contribution is 6.31. The zero-order chi connectivity index (χ0) is 14.1. The second-order valence-electron chi connectivity index (χ2n) is 5.84. The summed E-state index contributed by atoms with van der Waals surface area (Å²) in [6.07, 6.45) is 6.10. The van der Waals surface area contributed by atoms with Crippen LogP contribution < -0.4 is 5.32 Å². The molecule has 2 unspecified atom stereocenters. The molecule has 1 aromatic carbocycles. The number of carbonyl (C=O) groups excluding carboxylic acids is 1. The summed E-state index contributed by atoms with van der Waals surface area (Å²) < 4.78 is 0. The third-order valence-corrected chi connectivity index (χ3v) is 4.97. The number of fused-ring (bicyclic) bond motifs is 1. The molecule has 1 aliphatic heterocycles. The smallest absolute Gasteiger partial charge is 0.256 e. The van der Waals surface area contributed by atoms with E-state index < -0.39 is 0 Å². The summed E-state index contributed by atoms with van der Waals surface area (Å²) in [5, 5.41) is 3.71. The van der Waals surface area contributed by atoms with Gasteiger partial charge in [0.1, 0.15) is 0 Å². The molecule has 1 N–H and O–H groups in total. The Morgan fingerprint density at radius 1 is 1.30 bits per heavy atom. The van der Waals surface area contributed by atoms with Crippen molar-refractivity contribution in [3.05, 3.63) is 28.8 Å². The van der Waals surface area contributed by atoms with Gasteiger partial charge in [0.25, 0.3) is 5.91 Å². The summed E-state index contributed by atoms with van der Waals surface area (Å²) in [6.45, 7) is 0.885. The first kappa shape index (κ1) is 13.7. The van der Waals surface area contributed by atoms with E-state index in [1.807, 2.05) is 19.2 Å². The standard InChI is InChI=1S/C16H21ClN2O/c1-18-14-8-7-12(17)10-13(14)16(20)19-9-3-5-11-4-2-6-15(11)19/h7-8,10-11,15,18H,2-6,9H2,1H3. The van der Waals surface area contributed by atoms with Gasteiger partial charge >= 0.3 is 0 Å². The Hall–Kier alpha value is -1.22. The van der Waals surface area contributed by atoms with Crippen LogP contribution in [0.2, 0.25) is 5.02 Å². The molecule has 1 saturated heterocycles. The van der Waals surface area contributed by atoms with E-state index in [1.165, 1.54) is 19.3 Å². The Kier molecular flexibility index (Phi) is 3.88. The van der Waals surface area contributed by atoms with Crippen LogP contribution in [0.4, 0.5) is 5.69 Å². The lowest BCUT2D eigenvalue weighted by Gasteiger charge is -2.38. The molecule has 2 atom stereocenters. The molecule has 2 fully saturated rings. The van der Waals surface area contributed by atoms with Crippen molar-refractivity contribution in [2.45, 2.75) is 38.1 Å². The zero-order valence-electron chi connectivity index (χ0n) is 11.9. The number of amides is 1. The summed E-state index contributed by atoms with van der Waals surface area (Å²) in [5.41, 5.74) is 1.56. The average molecular weight is 293 g/mol. The van der Waals surface area contributed by atoms with Crippen molar-refractivity contribution >= 4 is 23.2 Å². The van der Waals surface area contributed by atoms with Crippen LogP contribution in [0.25, 0.3) is 0 Å². The summed E-state index contributed by atoms with van der Waals surface area (Å²) in [7, 11) is 1.84. The van der Waals surface area contributed by atoms with E-state index in [0.717, 1.165) is 25.1 Å². The van der Waals surface area contributed by atoms with E-state index in [9.17, 15) is 4.79 Å². The second kappa shape index (κ2) is 5.65. The number of nitrogens with one attached hydrogen (secondary N) is 1. The van der Waals surface area contributed by atoms with Gasteiger partial charge in [-0.3, -0.25) is 4.79 Å². The van der Waals surface area contributed by atoms with Gasteiger partial charge in [-0.15, -0.1) is 0 Å². The van der Waals surface area contributed by atoms with Crippen molar-refractivity contribution in [3.63, 3.8) is 0 Å². The first-order chi connectivity index (χ1) is 9.70. The van der Waals surface area contributed by atoms with Crippen LogP contribution in [-0.2, 0) is 0 Å². The highest BCUT2D eigenvalue weighted by Crippen LogP contribution is 2.38. The molecule has 1 aromatic rings. The number of likely N-dealkylation sites (tertiary alicyclic amines) is 1. The molecule has 0 radical (unpaired) electrons. The Morgan fingerprint density at radius 2 is 2.10 bits per heavy atom. The maximum absolute atomic E-state index is 12.9. The number of benzene rings is 1. The van der Waals surface area contributed by atoms with Crippen molar-refractivity contribution in [1.82, 2.24) is 4.90 Å². The first-order valence-electron chi connectivity index (χ1n) is 7.49. The van der Waals surface area contributed by atoms with Crippen molar-refractivity contribution in [1.29, 1.82) is 0 Å². The van der Waals surface area contributed by atoms with Crippen LogP contribution in [0.5, 0.6) is 0 Å². The summed E-state index contributed by atoms with van der Waals surface area (Å²) in [4.78, 5) is 15.0. The molecule has 20 heavy (non-hydrogen) atoms. The van der Waals surface area contributed by atoms with Gasteiger partial charge in [0.05, 0.1) is 5.56 Å². The lowest BCUT2D eigenvalue weighted by molar-refractivity contribution is 0.0549. The van der Waals surface area contributed by atoms with E-state index in [2.05, 4.69) is 10.2 Å². The Bertz CT molecular complexity index is 517. The average Bonchev–Trinajstić information content (AvgIpc) is 2.94. The Balaban J connectivity index is 1.90. The fraction of sp³-hybridized carbons (Fsp3) is 0.562. The molecule has 4 heteroatoms. The van der Waals surface area contributed by atoms with Gasteiger partial charge in [-0.25, -0.2) is 0 Å². The molecule has 1 saturated carbocycles. The van der Waals surface area contributed by atoms with E-state index in [0.29, 0.717) is 22.5 Å². The van der Waals surface area contributed by atoms with Gasteiger partial charge in [-0.2, -0.15) is 0 Å². The Labute approximate surface area is 125 Å². The number of hydrogen-bond donors (Lipinski definition) is 1. The van der Waals surface area contributed by atoms with Gasteiger partial charge in [0, 0.05) is 30.3 Å². The summed E-state index contributed by atoms with van der Waals surface area (Å²) in [5.74, 6) is 0.846. The minimum absolute atomic E-state index is 0.133. The lowest BCUT2D eigenvalue weighted by atomic mass is 9.91. The molecule has 1 aliphatic carbocycles. The number of halogens is 1. The van der Waals surface area contributed by atoms with Gasteiger partial charge in [0.15, 0.2) is 0 Å². The minimum Gasteiger partial charge on any atom is -0.387 e. The van der Waals surface area contributed by atoms with Gasteiger partial charge in [-0.1, -0.05) is 18.0 Å². The highest BCUT2D eigenvalue weighted by Gasteiger charge is 2.37. The van der Waals surface area contributed by atoms with Crippen molar-refractivity contribution in [3.8, 4) is 0 Å². The van der Waals surface area contributed by atoms with Crippen molar-refractivity contribution < 1.29 is 4.79 Å². The third kappa shape index (κ3) is 2.39. The quantitative estimate of drug-likeness (QED) is 0.899. The van der Waals surface area contributed by atoms with Crippen LogP contribution in [-0.4, -0.2) is 30.4 Å². The Morgan fingerprint density at radius 3 is 2.90 bits per heavy atom. The van der Waals surface area contributed by atoms with Crippen LogP contribution >= 0.6 is 11.6 Å². The molecule has 1 heterocycles. The molecule has 2 aliphatic rings. The topological polar surface area (TPSA) is 32.3 Å². The number of anilines is 1. The number of nitrogens with zero attached hydrogens (tertiary/aromatic N) is 1. The largest absolute Gasteiger partial charge is 0.387 e. The number of carbonyl (C=O) groups is 1. The van der Waals surface area contributed by atoms with Crippen LogP contribution in [0.1, 0.15) is 42.5 Å². The molecular weight excluding hydrogens is 272 g/mol. The maximum atomic E-state index is 12.9. The number of hydrogen-bond acceptors (Lipinski definition) is 2. The first-order valence-corrected chi connectivity index (χ1v) is 7.87. The van der Waals surface area contributed by atoms with Gasteiger partial charge in [-0.05, 0) is 49.8 Å². The monoisotopic (exact) mass is 292 g/mol. The van der Waals surface area contributed by atoms with E-state index in [-0.39, 0.29) is 5.91 Å². The van der Waals surface area contributed by atoms with Crippen molar-refractivity contribution in [2.24, 2.45) is 5.92 Å². The molecule has 0 spiro atoms. The predicted molar refractivity (Wildman–Crippen MR) is 82.4 cm³/mol. The number of piperidine rings is 1. The zero-order valence-corrected chi connectivity index (χ0v) is 12.6.